The quantitative estimate of drug-likeness (QED) is 0.651. The Hall–Kier alpha value is -0.120. The van der Waals surface area contributed by atoms with Gasteiger partial charge in [0.15, 0.2) is 0 Å². The van der Waals surface area contributed by atoms with Crippen molar-refractivity contribution >= 4 is 0 Å². The summed E-state index contributed by atoms with van der Waals surface area (Å²) >= 11 is 0. The Morgan fingerprint density at radius 1 is 1.23 bits per heavy atom. The Balaban J connectivity index is 1.84. The number of hydrogen-bond donors (Lipinski definition) is 2. The summed E-state index contributed by atoms with van der Waals surface area (Å²) in [7, 11) is 0. The van der Waals surface area contributed by atoms with E-state index < -0.39 is 0 Å². The van der Waals surface area contributed by atoms with E-state index in [1.165, 1.54) is 12.8 Å². The molecule has 1 heterocycles. The van der Waals surface area contributed by atoms with Crippen LogP contribution in [0.4, 0.5) is 0 Å². The molecule has 76 valence electrons. The molecule has 0 aromatic rings. The van der Waals surface area contributed by atoms with E-state index in [0.717, 1.165) is 32.6 Å². The highest BCUT2D eigenvalue weighted by molar-refractivity contribution is 4.92. The number of fused-ring (bicyclic) bond motifs is 2. The van der Waals surface area contributed by atoms with Crippen LogP contribution < -0.4 is 5.73 Å². The minimum atomic E-state index is -0.00544. The largest absolute Gasteiger partial charge is 0.392 e. The van der Waals surface area contributed by atoms with Crippen molar-refractivity contribution in [1.29, 1.82) is 0 Å². The highest BCUT2D eigenvalue weighted by Gasteiger charge is 2.40. The number of nitrogens with zero attached hydrogens (tertiary/aromatic N) is 1. The fourth-order valence-electron chi connectivity index (χ4n) is 2.79. The second-order valence-corrected chi connectivity index (χ2v) is 4.49. The van der Waals surface area contributed by atoms with Crippen LogP contribution in [0.25, 0.3) is 0 Å². The van der Waals surface area contributed by atoms with Crippen LogP contribution in [0.5, 0.6) is 0 Å². The number of piperidine rings is 1. The van der Waals surface area contributed by atoms with Gasteiger partial charge in [0.25, 0.3) is 0 Å². The van der Waals surface area contributed by atoms with Crippen LogP contribution in [0.1, 0.15) is 19.3 Å². The maximum absolute atomic E-state index is 9.80. The fourth-order valence-corrected chi connectivity index (χ4v) is 2.79. The van der Waals surface area contributed by atoms with Gasteiger partial charge in [-0.1, -0.05) is 0 Å². The van der Waals surface area contributed by atoms with Gasteiger partial charge in [0.05, 0.1) is 6.10 Å². The molecule has 0 spiro atoms. The summed E-state index contributed by atoms with van der Waals surface area (Å²) in [6.07, 6.45) is 3.54. The third-order valence-electron chi connectivity index (χ3n) is 3.54. The molecule has 2 unspecified atom stereocenters. The minimum absolute atomic E-state index is 0.00544. The maximum Gasteiger partial charge on any atom is 0.0620 e. The molecule has 2 bridgehead atoms. The Morgan fingerprint density at radius 2 is 1.85 bits per heavy atom. The summed E-state index contributed by atoms with van der Waals surface area (Å²) in [5.41, 5.74) is 5.48. The van der Waals surface area contributed by atoms with E-state index in [9.17, 15) is 5.11 Å². The Morgan fingerprint density at radius 3 is 2.38 bits per heavy atom. The minimum Gasteiger partial charge on any atom is -0.392 e. The topological polar surface area (TPSA) is 49.5 Å². The Kier molecular flexibility index (Phi) is 2.86. The van der Waals surface area contributed by atoms with E-state index in [2.05, 4.69) is 4.90 Å². The molecule has 2 atom stereocenters. The van der Waals surface area contributed by atoms with Gasteiger partial charge in [-0.15, -0.1) is 0 Å². The molecule has 3 nitrogen and oxygen atoms in total. The molecular formula is C10H20N2O. The van der Waals surface area contributed by atoms with Gasteiger partial charge in [-0.05, 0) is 44.2 Å². The van der Waals surface area contributed by atoms with Crippen LogP contribution in [0.3, 0.4) is 0 Å². The van der Waals surface area contributed by atoms with Crippen LogP contribution in [0.2, 0.25) is 0 Å². The number of aliphatic hydroxyl groups is 1. The standard InChI is InChI=1S/C10H20N2O/c11-4-1-5-12-6-8-2-3-9(7-12)10(8)13/h8-10,13H,1-7,11H2. The molecule has 0 aromatic carbocycles. The zero-order valence-electron chi connectivity index (χ0n) is 8.15. The fraction of sp³-hybridized carbons (Fsp3) is 1.00. The molecule has 0 radical (unpaired) electrons. The average molecular weight is 184 g/mol. The Labute approximate surface area is 79.9 Å². The van der Waals surface area contributed by atoms with Crippen molar-refractivity contribution in [2.45, 2.75) is 25.4 Å². The molecule has 1 aliphatic heterocycles. The third kappa shape index (κ3) is 1.87. The zero-order chi connectivity index (χ0) is 9.26. The predicted octanol–water partition coefficient (Wildman–Crippen LogP) is 0.0379. The van der Waals surface area contributed by atoms with Crippen LogP contribution in [0.15, 0.2) is 0 Å². The smallest absolute Gasteiger partial charge is 0.0620 e. The molecule has 3 N–H and O–H groups in total. The lowest BCUT2D eigenvalue weighted by Gasteiger charge is -2.35. The van der Waals surface area contributed by atoms with Crippen molar-refractivity contribution in [1.82, 2.24) is 4.90 Å². The van der Waals surface area contributed by atoms with E-state index in [4.69, 9.17) is 5.73 Å². The normalized spacial score (nSPS) is 39.7. The Bertz CT molecular complexity index is 160. The van der Waals surface area contributed by atoms with Crippen molar-refractivity contribution in [3.63, 3.8) is 0 Å². The first-order valence-corrected chi connectivity index (χ1v) is 5.41. The summed E-state index contributed by atoms with van der Waals surface area (Å²) in [6.45, 7) is 4.10. The monoisotopic (exact) mass is 184 g/mol. The molecular weight excluding hydrogens is 164 g/mol. The molecule has 0 amide bonds. The highest BCUT2D eigenvalue weighted by Crippen LogP contribution is 2.36. The van der Waals surface area contributed by atoms with Crippen LogP contribution >= 0.6 is 0 Å². The summed E-state index contributed by atoms with van der Waals surface area (Å²) < 4.78 is 0. The molecule has 3 heteroatoms. The zero-order valence-corrected chi connectivity index (χ0v) is 8.15. The van der Waals surface area contributed by atoms with E-state index in [1.807, 2.05) is 0 Å². The lowest BCUT2D eigenvalue weighted by molar-refractivity contribution is 0.0168. The van der Waals surface area contributed by atoms with E-state index in [0.29, 0.717) is 11.8 Å². The van der Waals surface area contributed by atoms with E-state index in [1.54, 1.807) is 0 Å². The molecule has 2 rings (SSSR count). The van der Waals surface area contributed by atoms with E-state index in [-0.39, 0.29) is 6.10 Å². The van der Waals surface area contributed by atoms with Gasteiger partial charge in [0.1, 0.15) is 0 Å². The SMILES string of the molecule is NCCCN1CC2CCC(C1)C2O. The highest BCUT2D eigenvalue weighted by atomic mass is 16.3. The van der Waals surface area contributed by atoms with Gasteiger partial charge >= 0.3 is 0 Å². The van der Waals surface area contributed by atoms with Gasteiger partial charge in [0.2, 0.25) is 0 Å². The second-order valence-electron chi connectivity index (χ2n) is 4.49. The van der Waals surface area contributed by atoms with Crippen LogP contribution in [-0.2, 0) is 0 Å². The first-order chi connectivity index (χ1) is 6.31. The molecule has 13 heavy (non-hydrogen) atoms. The van der Waals surface area contributed by atoms with Crippen LogP contribution in [-0.4, -0.2) is 42.3 Å². The van der Waals surface area contributed by atoms with Gasteiger partial charge in [-0.2, -0.15) is 0 Å². The lowest BCUT2D eigenvalue weighted by atomic mass is 9.95. The molecule has 0 aromatic heterocycles. The number of nitrogens with two attached hydrogens (primary N) is 1. The molecule has 2 aliphatic rings. The molecule has 1 saturated heterocycles. The van der Waals surface area contributed by atoms with Crippen LogP contribution in [0, 0.1) is 11.8 Å². The number of aliphatic hydroxyl groups excluding tert-OH is 1. The van der Waals surface area contributed by atoms with E-state index >= 15 is 0 Å². The second kappa shape index (κ2) is 3.95. The molecule has 1 aliphatic carbocycles. The van der Waals surface area contributed by atoms with Crippen molar-refractivity contribution < 1.29 is 5.11 Å². The average Bonchev–Trinajstić information content (AvgIpc) is 2.41. The molecule has 1 saturated carbocycles. The number of likely N-dealkylation sites (tertiary alicyclic amines) is 1. The number of rotatable bonds is 3. The summed E-state index contributed by atoms with van der Waals surface area (Å²) in [5, 5.41) is 9.80. The van der Waals surface area contributed by atoms with Crippen molar-refractivity contribution in [3.05, 3.63) is 0 Å². The van der Waals surface area contributed by atoms with Gasteiger partial charge in [-0.25, -0.2) is 0 Å². The van der Waals surface area contributed by atoms with Gasteiger partial charge in [-0.3, -0.25) is 0 Å². The van der Waals surface area contributed by atoms with Gasteiger partial charge in [0, 0.05) is 13.1 Å². The first-order valence-electron chi connectivity index (χ1n) is 5.41. The summed E-state index contributed by atoms with van der Waals surface area (Å²) in [5.74, 6) is 1.10. The number of hydrogen-bond acceptors (Lipinski definition) is 3. The summed E-state index contributed by atoms with van der Waals surface area (Å²) in [6, 6.07) is 0. The summed E-state index contributed by atoms with van der Waals surface area (Å²) in [4.78, 5) is 2.47. The third-order valence-corrected chi connectivity index (χ3v) is 3.54. The predicted molar refractivity (Wildman–Crippen MR) is 52.3 cm³/mol. The van der Waals surface area contributed by atoms with Gasteiger partial charge < -0.3 is 15.7 Å². The van der Waals surface area contributed by atoms with Crippen molar-refractivity contribution in [2.24, 2.45) is 17.6 Å². The van der Waals surface area contributed by atoms with Crippen molar-refractivity contribution in [3.8, 4) is 0 Å². The van der Waals surface area contributed by atoms with Crippen molar-refractivity contribution in [2.75, 3.05) is 26.2 Å². The lowest BCUT2D eigenvalue weighted by Crippen LogP contribution is -2.45. The first kappa shape index (κ1) is 9.44. The molecule has 2 fully saturated rings. The maximum atomic E-state index is 9.80.